The van der Waals surface area contributed by atoms with E-state index in [2.05, 4.69) is 70.6 Å². The third kappa shape index (κ3) is 4.79. The summed E-state index contributed by atoms with van der Waals surface area (Å²) in [6.45, 7) is 0. The molecule has 1 radical (unpaired) electrons. The molecule has 7 rings (SSSR count). The van der Waals surface area contributed by atoms with Gasteiger partial charge >= 0.3 is 0 Å². The van der Waals surface area contributed by atoms with Gasteiger partial charge in [-0.05, 0) is 58.3 Å². The number of benzene rings is 3. The van der Waals surface area contributed by atoms with Gasteiger partial charge in [-0.3, -0.25) is 4.98 Å². The number of fused-ring (bicyclic) bond motifs is 3. The first-order valence-corrected chi connectivity index (χ1v) is 11.9. The van der Waals surface area contributed by atoms with Crippen molar-refractivity contribution in [2.45, 2.75) is 0 Å². The van der Waals surface area contributed by atoms with Gasteiger partial charge in [0.2, 0.25) is 0 Å². The molecule has 0 N–H and O–H groups in total. The van der Waals surface area contributed by atoms with Crippen LogP contribution in [0.2, 0.25) is 0 Å². The predicted molar refractivity (Wildman–Crippen MR) is 147 cm³/mol. The molecule has 0 aliphatic heterocycles. The number of pyridine rings is 3. The van der Waals surface area contributed by atoms with E-state index < -0.39 is 0 Å². The molecule has 0 spiro atoms. The Morgan fingerprint density at radius 1 is 0.622 bits per heavy atom. The average Bonchev–Trinajstić information content (AvgIpc) is 3.29. The molecule has 3 aromatic heterocycles. The number of anilines is 2. The summed E-state index contributed by atoms with van der Waals surface area (Å²) >= 11 is 0. The Bertz CT molecular complexity index is 1600. The van der Waals surface area contributed by atoms with Crippen LogP contribution in [0.1, 0.15) is 0 Å². The molecule has 181 valence electrons. The minimum Gasteiger partial charge on any atom is -0.314 e. The molecule has 1 aliphatic carbocycles. The van der Waals surface area contributed by atoms with Crippen LogP contribution in [0.4, 0.5) is 11.6 Å². The van der Waals surface area contributed by atoms with Crippen LogP contribution >= 0.6 is 0 Å². The third-order valence-corrected chi connectivity index (χ3v) is 6.31. The number of hydrogen-bond acceptors (Lipinski definition) is 4. The standard InChI is InChI=1S/C21H12N.C11H11N3.Ir/c1-2-7-14(8-3-1)20-13-18-16-10-5-4-9-15(16)17-11-6-12-19(22-20)21(17)18;1-14(10-6-2-4-8-12-10)11-7-3-5-9-13-11;/h1-7,9-13H;2-9H,1H3;/q-1;;. The van der Waals surface area contributed by atoms with E-state index in [0.717, 1.165) is 28.4 Å². The molecular weight excluding hydrogens is 633 g/mol. The van der Waals surface area contributed by atoms with Crippen molar-refractivity contribution in [1.29, 1.82) is 0 Å². The smallest absolute Gasteiger partial charge is 0.133 e. The maximum atomic E-state index is 4.86. The molecule has 1 aliphatic rings. The van der Waals surface area contributed by atoms with E-state index >= 15 is 0 Å². The Kier molecular flexibility index (Phi) is 7.18. The molecule has 3 aromatic carbocycles. The SMILES string of the molecule is CN(c1ccccn1)c1ccccn1.[Ir].[c-]1ccccc1-c1cc2c3c(cccc3n1)-c1ccccc1-2. The molecule has 5 heteroatoms. The van der Waals surface area contributed by atoms with E-state index in [1.807, 2.05) is 66.5 Å². The van der Waals surface area contributed by atoms with Gasteiger partial charge in [0.05, 0.1) is 5.52 Å². The topological polar surface area (TPSA) is 41.9 Å². The van der Waals surface area contributed by atoms with Crippen molar-refractivity contribution < 1.29 is 20.1 Å². The van der Waals surface area contributed by atoms with Crippen molar-refractivity contribution >= 4 is 22.5 Å². The van der Waals surface area contributed by atoms with Gasteiger partial charge in [0.1, 0.15) is 11.6 Å². The molecule has 0 bridgehead atoms. The largest absolute Gasteiger partial charge is 0.314 e. The second-order valence-corrected chi connectivity index (χ2v) is 8.51. The fourth-order valence-electron chi connectivity index (χ4n) is 4.59. The van der Waals surface area contributed by atoms with Gasteiger partial charge in [-0.25, -0.2) is 9.97 Å². The summed E-state index contributed by atoms with van der Waals surface area (Å²) in [7, 11) is 1.95. The van der Waals surface area contributed by atoms with Crippen LogP contribution in [-0.4, -0.2) is 22.0 Å². The number of nitrogens with zero attached hydrogens (tertiary/aromatic N) is 4. The first-order chi connectivity index (χ1) is 17.8. The van der Waals surface area contributed by atoms with E-state index in [0.29, 0.717) is 0 Å². The zero-order valence-electron chi connectivity index (χ0n) is 20.2. The van der Waals surface area contributed by atoms with Crippen LogP contribution in [0, 0.1) is 6.07 Å². The molecule has 0 amide bonds. The Balaban J connectivity index is 0.000000163. The predicted octanol–water partition coefficient (Wildman–Crippen LogP) is 7.59. The number of hydrogen-bond donors (Lipinski definition) is 0. The van der Waals surface area contributed by atoms with Gasteiger partial charge < -0.3 is 4.90 Å². The molecule has 0 saturated carbocycles. The Labute approximate surface area is 230 Å². The minimum absolute atomic E-state index is 0. The summed E-state index contributed by atoms with van der Waals surface area (Å²) in [5.41, 5.74) is 8.25. The minimum atomic E-state index is 0. The number of rotatable bonds is 3. The second-order valence-electron chi connectivity index (χ2n) is 8.51. The van der Waals surface area contributed by atoms with Crippen molar-refractivity contribution in [3.05, 3.63) is 128 Å². The summed E-state index contributed by atoms with van der Waals surface area (Å²) in [6, 6.07) is 40.1. The van der Waals surface area contributed by atoms with E-state index in [4.69, 9.17) is 4.98 Å². The van der Waals surface area contributed by atoms with Gasteiger partial charge in [-0.2, -0.15) is 0 Å². The Morgan fingerprint density at radius 2 is 1.24 bits per heavy atom. The molecule has 4 nitrogen and oxygen atoms in total. The second kappa shape index (κ2) is 10.8. The maximum absolute atomic E-state index is 4.86. The first-order valence-electron chi connectivity index (χ1n) is 11.9. The molecule has 0 fully saturated rings. The monoisotopic (exact) mass is 656 g/mol. The fourth-order valence-corrected chi connectivity index (χ4v) is 4.59. The van der Waals surface area contributed by atoms with Gasteiger partial charge in [-0.15, -0.1) is 35.9 Å². The van der Waals surface area contributed by atoms with Crippen molar-refractivity contribution in [3.63, 3.8) is 0 Å². The van der Waals surface area contributed by atoms with E-state index in [9.17, 15) is 0 Å². The van der Waals surface area contributed by atoms with Crippen molar-refractivity contribution in [3.8, 4) is 33.5 Å². The van der Waals surface area contributed by atoms with Crippen molar-refractivity contribution in [1.82, 2.24) is 15.0 Å². The summed E-state index contributed by atoms with van der Waals surface area (Å²) in [5.74, 6) is 1.79. The zero-order chi connectivity index (χ0) is 24.3. The van der Waals surface area contributed by atoms with Crippen LogP contribution in [0.15, 0.2) is 122 Å². The van der Waals surface area contributed by atoms with Gasteiger partial charge in [0.25, 0.3) is 0 Å². The summed E-state index contributed by atoms with van der Waals surface area (Å²) in [5, 5.41) is 1.27. The third-order valence-electron chi connectivity index (χ3n) is 6.31. The fraction of sp³-hybridized carbons (Fsp3) is 0.0312. The molecular formula is C32H23IrN4-. The van der Waals surface area contributed by atoms with Crippen molar-refractivity contribution in [2.24, 2.45) is 0 Å². The summed E-state index contributed by atoms with van der Waals surface area (Å²) < 4.78 is 0. The number of aromatic nitrogens is 3. The van der Waals surface area contributed by atoms with Crippen LogP contribution in [0.25, 0.3) is 44.4 Å². The quantitative estimate of drug-likeness (QED) is 0.184. The molecule has 0 saturated heterocycles. The first kappa shape index (κ1) is 24.5. The summed E-state index contributed by atoms with van der Waals surface area (Å²) in [6.07, 6.45) is 3.55. The average molecular weight is 656 g/mol. The molecule has 3 heterocycles. The molecule has 6 aromatic rings. The van der Waals surface area contributed by atoms with E-state index in [1.54, 1.807) is 12.4 Å². The van der Waals surface area contributed by atoms with E-state index in [1.165, 1.54) is 27.6 Å². The van der Waals surface area contributed by atoms with Crippen LogP contribution < -0.4 is 4.90 Å². The zero-order valence-corrected chi connectivity index (χ0v) is 22.6. The Hall–Kier alpha value is -4.18. The normalized spacial score (nSPS) is 10.6. The maximum Gasteiger partial charge on any atom is 0.133 e. The van der Waals surface area contributed by atoms with Crippen LogP contribution in [0.3, 0.4) is 0 Å². The molecule has 37 heavy (non-hydrogen) atoms. The molecule has 0 atom stereocenters. The van der Waals surface area contributed by atoms with Gasteiger partial charge in [0, 0.05) is 44.9 Å². The van der Waals surface area contributed by atoms with Crippen LogP contribution in [-0.2, 0) is 20.1 Å². The van der Waals surface area contributed by atoms with Crippen LogP contribution in [0.5, 0.6) is 0 Å². The summed E-state index contributed by atoms with van der Waals surface area (Å²) in [4.78, 5) is 15.3. The molecule has 0 unspecified atom stereocenters. The van der Waals surface area contributed by atoms with Gasteiger partial charge in [0.15, 0.2) is 0 Å². The van der Waals surface area contributed by atoms with E-state index in [-0.39, 0.29) is 20.1 Å². The van der Waals surface area contributed by atoms with Gasteiger partial charge in [-0.1, -0.05) is 54.6 Å². The Morgan fingerprint density at radius 3 is 1.86 bits per heavy atom. The van der Waals surface area contributed by atoms with Crippen molar-refractivity contribution in [2.75, 3.05) is 11.9 Å².